The van der Waals surface area contributed by atoms with Crippen molar-refractivity contribution in [2.24, 2.45) is 5.11 Å². The molecule has 20 heavy (non-hydrogen) atoms. The van der Waals surface area contributed by atoms with Gasteiger partial charge in [-0.2, -0.15) is 0 Å². The molecule has 0 aromatic heterocycles. The molecule has 0 saturated carbocycles. The quantitative estimate of drug-likeness (QED) is 0.290. The van der Waals surface area contributed by atoms with Crippen LogP contribution in [-0.4, -0.2) is 17.5 Å². The molecule has 0 aliphatic carbocycles. The summed E-state index contributed by atoms with van der Waals surface area (Å²) in [4.78, 5) is 14.2. The Kier molecular flexibility index (Phi) is 5.11. The van der Waals surface area contributed by atoms with Crippen LogP contribution in [-0.2, 0) is 11.3 Å². The van der Waals surface area contributed by atoms with Gasteiger partial charge in [-0.15, -0.1) is 0 Å². The monoisotopic (exact) mass is 275 g/mol. The summed E-state index contributed by atoms with van der Waals surface area (Å²) in [6.45, 7) is 5.51. The minimum atomic E-state index is -0.666. The maximum atomic E-state index is 11.5. The number of nitrogens with one attached hydrogen (secondary N) is 2. The molecule has 0 aliphatic rings. The van der Waals surface area contributed by atoms with Gasteiger partial charge in [0.1, 0.15) is 11.4 Å². The van der Waals surface area contributed by atoms with Crippen LogP contribution in [0.1, 0.15) is 31.9 Å². The van der Waals surface area contributed by atoms with Gasteiger partial charge in [-0.05, 0) is 31.9 Å². The second-order valence-corrected chi connectivity index (χ2v) is 5.09. The first-order valence-corrected chi connectivity index (χ1v) is 6.00. The lowest BCUT2D eigenvalue weighted by atomic mass is 10.1. The van der Waals surface area contributed by atoms with Gasteiger partial charge >= 0.3 is 6.09 Å². The zero-order chi connectivity index (χ0) is 15.2. The van der Waals surface area contributed by atoms with E-state index in [1.807, 2.05) is 0 Å². The number of ether oxygens (including phenoxy) is 1. The number of carbonyl (C=O) groups excluding carboxylic acids is 1. The smallest absolute Gasteiger partial charge is 0.413 e. The highest BCUT2D eigenvalue weighted by atomic mass is 16.6. The number of hydrogen-bond donors (Lipinski definition) is 2. The van der Waals surface area contributed by atoms with Gasteiger partial charge in [0.05, 0.1) is 6.54 Å². The second-order valence-electron chi connectivity index (χ2n) is 5.09. The van der Waals surface area contributed by atoms with Crippen LogP contribution in [0.25, 0.3) is 10.4 Å². The largest absolute Gasteiger partial charge is 0.444 e. The minimum absolute atomic E-state index is 0.0467. The van der Waals surface area contributed by atoms with Crippen molar-refractivity contribution in [3.63, 3.8) is 0 Å². The van der Waals surface area contributed by atoms with Gasteiger partial charge < -0.3 is 4.74 Å². The Morgan fingerprint density at radius 3 is 2.50 bits per heavy atom. The molecule has 1 amide bonds. The van der Waals surface area contributed by atoms with Crippen LogP contribution in [0.4, 0.5) is 4.79 Å². The first kappa shape index (κ1) is 15.5. The van der Waals surface area contributed by atoms with Crippen LogP contribution < -0.4 is 5.32 Å². The third-order valence-electron chi connectivity index (χ3n) is 2.19. The van der Waals surface area contributed by atoms with Crippen molar-refractivity contribution < 1.29 is 9.53 Å². The van der Waals surface area contributed by atoms with Crippen molar-refractivity contribution in [2.75, 3.05) is 0 Å². The van der Waals surface area contributed by atoms with Gasteiger partial charge in [-0.1, -0.05) is 29.4 Å². The Labute approximate surface area is 117 Å². The summed E-state index contributed by atoms with van der Waals surface area (Å²) in [6.07, 6.45) is -0.666. The van der Waals surface area contributed by atoms with E-state index < -0.39 is 11.7 Å². The van der Waals surface area contributed by atoms with Crippen LogP contribution in [0.2, 0.25) is 0 Å². The molecular weight excluding hydrogens is 258 g/mol. The van der Waals surface area contributed by atoms with E-state index in [1.54, 1.807) is 45.0 Å². The average Bonchev–Trinajstić information content (AvgIpc) is 2.34. The van der Waals surface area contributed by atoms with E-state index in [9.17, 15) is 4.79 Å². The Balaban J connectivity index is 2.64. The Hall–Kier alpha value is -2.53. The number of nitrogens with zero attached hydrogens (tertiary/aromatic N) is 3. The first-order valence-electron chi connectivity index (χ1n) is 6.00. The van der Waals surface area contributed by atoms with Crippen molar-refractivity contribution in [2.45, 2.75) is 32.9 Å². The summed E-state index contributed by atoms with van der Waals surface area (Å²) in [6, 6.07) is 6.80. The molecule has 0 heterocycles. The molecule has 0 unspecified atom stereocenters. The van der Waals surface area contributed by atoms with Crippen LogP contribution in [0, 0.1) is 5.41 Å². The number of hydrogen-bond acceptors (Lipinski definition) is 4. The second kappa shape index (κ2) is 6.58. The predicted octanol–water partition coefficient (Wildman–Crippen LogP) is 3.35. The van der Waals surface area contributed by atoms with Crippen LogP contribution in [0.15, 0.2) is 29.4 Å². The number of rotatable bonds is 3. The lowest BCUT2D eigenvalue weighted by molar-refractivity contribution is 0.0563. The zero-order valence-electron chi connectivity index (χ0n) is 11.7. The normalized spacial score (nSPS) is 10.3. The third kappa shape index (κ3) is 5.41. The van der Waals surface area contributed by atoms with Gasteiger partial charge in [0, 0.05) is 10.5 Å². The van der Waals surface area contributed by atoms with Crippen LogP contribution in [0.5, 0.6) is 0 Å². The predicted molar refractivity (Wildman–Crippen MR) is 75.5 cm³/mol. The molecule has 0 fully saturated rings. The summed E-state index contributed by atoms with van der Waals surface area (Å²) in [5, 5.41) is 13.6. The Morgan fingerprint density at radius 2 is 2.00 bits per heavy atom. The molecule has 106 valence electrons. The van der Waals surface area contributed by atoms with Gasteiger partial charge in [0.15, 0.2) is 0 Å². The summed E-state index contributed by atoms with van der Waals surface area (Å²) < 4.78 is 5.06. The fourth-order valence-electron chi connectivity index (χ4n) is 1.37. The molecule has 7 nitrogen and oxygen atoms in total. The van der Waals surface area contributed by atoms with Crippen molar-refractivity contribution in [3.8, 4) is 0 Å². The van der Waals surface area contributed by atoms with Gasteiger partial charge in [0.2, 0.25) is 0 Å². The highest BCUT2D eigenvalue weighted by Crippen LogP contribution is 2.08. The van der Waals surface area contributed by atoms with Gasteiger partial charge in [-0.3, -0.25) is 10.7 Å². The molecule has 2 N–H and O–H groups in total. The number of benzene rings is 1. The van der Waals surface area contributed by atoms with Gasteiger partial charge in [-0.25, -0.2) is 4.79 Å². The molecule has 0 radical (unpaired) electrons. The topological polar surface area (TPSA) is 111 Å². The number of azide groups is 1. The molecule has 0 atom stereocenters. The molecule has 1 aromatic rings. The van der Waals surface area contributed by atoms with E-state index >= 15 is 0 Å². The summed E-state index contributed by atoms with van der Waals surface area (Å²) >= 11 is 0. The minimum Gasteiger partial charge on any atom is -0.444 e. The molecule has 0 spiro atoms. The van der Waals surface area contributed by atoms with E-state index in [1.165, 1.54) is 0 Å². The molecular formula is C13H17N5O2. The average molecular weight is 275 g/mol. The van der Waals surface area contributed by atoms with Crippen molar-refractivity contribution in [1.29, 1.82) is 5.41 Å². The fourth-order valence-corrected chi connectivity index (χ4v) is 1.37. The number of alkyl carbamates (subject to hydrolysis) is 1. The fraction of sp³-hybridized carbons (Fsp3) is 0.385. The lowest BCUT2D eigenvalue weighted by Gasteiger charge is -2.19. The zero-order valence-corrected chi connectivity index (χ0v) is 11.7. The maximum Gasteiger partial charge on any atom is 0.413 e. The van der Waals surface area contributed by atoms with E-state index in [0.717, 1.165) is 5.56 Å². The first-order chi connectivity index (χ1) is 9.31. The number of amides is 1. The summed E-state index contributed by atoms with van der Waals surface area (Å²) in [5.74, 6) is -0.0467. The molecule has 1 aromatic carbocycles. The standard InChI is InChI=1S/C13H17N5O2/c1-13(2,3)20-12(19)17-11(14)10-6-4-9(5-7-10)8-16-18-15/h4-7H,8H2,1-3H3,(H2,14,17,19). The van der Waals surface area contributed by atoms with Crippen molar-refractivity contribution in [1.82, 2.24) is 5.32 Å². The van der Waals surface area contributed by atoms with Crippen LogP contribution in [0.3, 0.4) is 0 Å². The van der Waals surface area contributed by atoms with Crippen molar-refractivity contribution >= 4 is 11.9 Å². The lowest BCUT2D eigenvalue weighted by Crippen LogP contribution is -2.36. The highest BCUT2D eigenvalue weighted by Gasteiger charge is 2.17. The molecule has 1 rings (SSSR count). The molecule has 0 bridgehead atoms. The molecule has 7 heteroatoms. The van der Waals surface area contributed by atoms with E-state index in [-0.39, 0.29) is 12.4 Å². The van der Waals surface area contributed by atoms with Crippen molar-refractivity contribution in [3.05, 3.63) is 45.8 Å². The number of carbonyl (C=O) groups is 1. The van der Waals surface area contributed by atoms with E-state index in [0.29, 0.717) is 5.56 Å². The van der Waals surface area contributed by atoms with E-state index in [2.05, 4.69) is 15.3 Å². The molecule has 0 aliphatic heterocycles. The van der Waals surface area contributed by atoms with Crippen LogP contribution >= 0.6 is 0 Å². The van der Waals surface area contributed by atoms with E-state index in [4.69, 9.17) is 15.7 Å². The Morgan fingerprint density at radius 1 is 1.40 bits per heavy atom. The van der Waals surface area contributed by atoms with Gasteiger partial charge in [0.25, 0.3) is 0 Å². The SMILES string of the molecule is CC(C)(C)OC(=O)NC(=N)c1ccc(CN=[N+]=[N-])cc1. The summed E-state index contributed by atoms with van der Waals surface area (Å²) in [7, 11) is 0. The highest BCUT2D eigenvalue weighted by molar-refractivity contribution is 6.04. The maximum absolute atomic E-state index is 11.5. The third-order valence-corrected chi connectivity index (χ3v) is 2.19. The number of amidine groups is 1. The summed E-state index contributed by atoms with van der Waals surface area (Å²) in [5.41, 5.74) is 8.99. The molecule has 0 saturated heterocycles. The Bertz CT molecular complexity index is 539.